The topological polar surface area (TPSA) is 111 Å². The molecule has 1 aromatic heterocycles. The van der Waals surface area contributed by atoms with Gasteiger partial charge in [-0.2, -0.15) is 0 Å². The number of H-pyrrole nitrogens is 1. The molecule has 4 aromatic carbocycles. The molecule has 0 aliphatic rings. The monoisotopic (exact) mass is 541 g/mol. The second kappa shape index (κ2) is 12.4. The summed E-state index contributed by atoms with van der Waals surface area (Å²) in [4.78, 5) is 0. The molecule has 5 rings (SSSR count). The predicted octanol–water partition coefficient (Wildman–Crippen LogP) is 6.06. The largest absolute Gasteiger partial charge is 0.496 e. The molecule has 0 aliphatic heterocycles. The van der Waals surface area contributed by atoms with E-state index >= 15 is 0 Å². The van der Waals surface area contributed by atoms with Gasteiger partial charge in [-0.25, -0.2) is 9.66 Å². The van der Waals surface area contributed by atoms with Crippen LogP contribution in [-0.2, 0) is 11.0 Å². The third-order valence-corrected chi connectivity index (χ3v) is 7.54. The Morgan fingerprint density at radius 2 is 1.46 bits per heavy atom. The van der Waals surface area contributed by atoms with Crippen LogP contribution in [0.2, 0.25) is 0 Å². The molecule has 5 aromatic rings. The lowest BCUT2D eigenvalue weighted by molar-refractivity contribution is 0.374. The van der Waals surface area contributed by atoms with Gasteiger partial charge in [-0.3, -0.25) is 5.32 Å². The zero-order valence-electron chi connectivity index (χ0n) is 21.3. The van der Waals surface area contributed by atoms with Gasteiger partial charge in [0.15, 0.2) is 5.82 Å². The SMILES string of the molecule is COc1cc(CC(NCP(=O)(Oc2ccccc2)Oc2ccccc2)c2nnn[nH]2)ccc1-c1ccccc1. The van der Waals surface area contributed by atoms with Crippen molar-refractivity contribution >= 4 is 7.60 Å². The second-order valence-electron chi connectivity index (χ2n) is 8.73. The fourth-order valence-electron chi connectivity index (χ4n) is 4.12. The van der Waals surface area contributed by atoms with Gasteiger partial charge in [0.1, 0.15) is 23.5 Å². The lowest BCUT2D eigenvalue weighted by Gasteiger charge is -2.23. The van der Waals surface area contributed by atoms with E-state index in [-0.39, 0.29) is 6.29 Å². The highest BCUT2D eigenvalue weighted by Crippen LogP contribution is 2.48. The number of nitrogens with one attached hydrogen (secondary N) is 2. The van der Waals surface area contributed by atoms with Crippen LogP contribution in [0.15, 0.2) is 109 Å². The minimum absolute atomic E-state index is 0.0958. The Bertz CT molecular complexity index is 1460. The van der Waals surface area contributed by atoms with Crippen LogP contribution in [0, 0.1) is 0 Å². The normalized spacial score (nSPS) is 12.0. The fraction of sp³-hybridized carbons (Fsp3) is 0.138. The van der Waals surface area contributed by atoms with Gasteiger partial charge in [-0.15, -0.1) is 5.10 Å². The number of ether oxygens (including phenoxy) is 1. The average molecular weight is 542 g/mol. The van der Waals surface area contributed by atoms with Crippen LogP contribution < -0.4 is 19.1 Å². The van der Waals surface area contributed by atoms with Gasteiger partial charge >= 0.3 is 7.60 Å². The summed E-state index contributed by atoms with van der Waals surface area (Å²) in [7, 11) is -2.05. The third-order valence-electron chi connectivity index (χ3n) is 5.99. The number of hydrogen-bond donors (Lipinski definition) is 2. The zero-order valence-corrected chi connectivity index (χ0v) is 22.2. The minimum atomic E-state index is -3.71. The van der Waals surface area contributed by atoms with E-state index < -0.39 is 13.6 Å². The number of hydrogen-bond acceptors (Lipinski definition) is 8. The molecule has 0 bridgehead atoms. The van der Waals surface area contributed by atoms with E-state index in [4.69, 9.17) is 13.8 Å². The summed E-state index contributed by atoms with van der Waals surface area (Å²) in [5, 5.41) is 17.7. The molecular formula is C29H28N5O4P. The van der Waals surface area contributed by atoms with Crippen LogP contribution >= 0.6 is 7.60 Å². The average Bonchev–Trinajstić information content (AvgIpc) is 3.52. The van der Waals surface area contributed by atoms with E-state index in [2.05, 4.69) is 25.9 Å². The van der Waals surface area contributed by atoms with Crippen LogP contribution in [0.3, 0.4) is 0 Å². The Morgan fingerprint density at radius 1 is 0.846 bits per heavy atom. The Balaban J connectivity index is 1.38. The van der Waals surface area contributed by atoms with Crippen molar-refractivity contribution in [1.82, 2.24) is 25.9 Å². The van der Waals surface area contributed by atoms with Crippen molar-refractivity contribution in [2.75, 3.05) is 13.4 Å². The molecule has 9 nitrogen and oxygen atoms in total. The molecule has 39 heavy (non-hydrogen) atoms. The molecule has 0 aliphatic carbocycles. The molecule has 0 spiro atoms. The molecule has 0 saturated carbocycles. The van der Waals surface area contributed by atoms with Crippen molar-refractivity contribution in [1.29, 1.82) is 0 Å². The van der Waals surface area contributed by atoms with E-state index in [0.29, 0.717) is 23.7 Å². The number of tetrazole rings is 1. The molecule has 1 heterocycles. The Labute approximate surface area is 226 Å². The predicted molar refractivity (Wildman–Crippen MR) is 149 cm³/mol. The number of aromatic nitrogens is 4. The van der Waals surface area contributed by atoms with Gasteiger partial charge in [-0.05, 0) is 58.3 Å². The summed E-state index contributed by atoms with van der Waals surface area (Å²) >= 11 is 0. The standard InChI is InChI=1S/C29H28N5O4P/c1-36-28-20-22(17-18-26(28)23-11-5-2-6-12-23)19-27(29-31-33-34-32-29)30-21-39(35,37-24-13-7-3-8-14-24)38-25-15-9-4-10-16-25/h2-18,20,27,30H,19,21H2,1H3,(H,31,32,33,34). The van der Waals surface area contributed by atoms with E-state index in [0.717, 1.165) is 22.4 Å². The molecule has 10 heteroatoms. The van der Waals surface area contributed by atoms with Crippen LogP contribution in [0.4, 0.5) is 0 Å². The lowest BCUT2D eigenvalue weighted by atomic mass is 9.99. The highest BCUT2D eigenvalue weighted by atomic mass is 31.2. The van der Waals surface area contributed by atoms with Gasteiger partial charge in [0, 0.05) is 5.56 Å². The molecule has 1 atom stereocenters. The first-order valence-electron chi connectivity index (χ1n) is 12.4. The molecule has 0 saturated heterocycles. The Morgan fingerprint density at radius 3 is 2.03 bits per heavy atom. The summed E-state index contributed by atoms with van der Waals surface area (Å²) in [5.74, 6) is 2.13. The number of para-hydroxylation sites is 2. The van der Waals surface area contributed by atoms with Gasteiger partial charge in [0.2, 0.25) is 0 Å². The smallest absolute Gasteiger partial charge is 0.444 e. The summed E-state index contributed by atoms with van der Waals surface area (Å²) in [6, 6.07) is 33.6. The van der Waals surface area contributed by atoms with Crippen LogP contribution in [-0.4, -0.2) is 34.0 Å². The van der Waals surface area contributed by atoms with Crippen molar-refractivity contribution in [3.05, 3.63) is 121 Å². The number of benzene rings is 4. The molecule has 198 valence electrons. The van der Waals surface area contributed by atoms with Crippen molar-refractivity contribution in [3.8, 4) is 28.4 Å². The number of nitrogens with zero attached hydrogens (tertiary/aromatic N) is 3. The van der Waals surface area contributed by atoms with Crippen LogP contribution in [0.25, 0.3) is 11.1 Å². The van der Waals surface area contributed by atoms with Gasteiger partial charge < -0.3 is 13.8 Å². The van der Waals surface area contributed by atoms with Gasteiger partial charge in [-0.1, -0.05) is 78.9 Å². The van der Waals surface area contributed by atoms with Crippen molar-refractivity contribution in [2.45, 2.75) is 12.5 Å². The lowest BCUT2D eigenvalue weighted by Crippen LogP contribution is -2.27. The fourth-order valence-corrected chi connectivity index (χ4v) is 5.62. The van der Waals surface area contributed by atoms with Crippen molar-refractivity contribution in [3.63, 3.8) is 0 Å². The summed E-state index contributed by atoms with van der Waals surface area (Å²) < 4.78 is 31.5. The molecular weight excluding hydrogens is 513 g/mol. The molecule has 0 fully saturated rings. The van der Waals surface area contributed by atoms with E-state index in [1.165, 1.54) is 0 Å². The van der Waals surface area contributed by atoms with Gasteiger partial charge in [0.25, 0.3) is 0 Å². The second-order valence-corrected chi connectivity index (χ2v) is 10.6. The molecule has 1 unspecified atom stereocenters. The summed E-state index contributed by atoms with van der Waals surface area (Å²) in [6.07, 6.45) is 0.389. The summed E-state index contributed by atoms with van der Waals surface area (Å²) in [6.45, 7) is 0. The van der Waals surface area contributed by atoms with E-state index in [9.17, 15) is 4.57 Å². The Hall–Kier alpha value is -4.46. The maximum absolute atomic E-state index is 14.0. The number of rotatable bonds is 12. The highest BCUT2D eigenvalue weighted by Gasteiger charge is 2.31. The van der Waals surface area contributed by atoms with E-state index in [1.54, 1.807) is 31.4 Å². The summed E-state index contributed by atoms with van der Waals surface area (Å²) in [5.41, 5.74) is 3.03. The zero-order chi connectivity index (χ0) is 26.9. The Kier molecular flexibility index (Phi) is 8.31. The highest BCUT2D eigenvalue weighted by molar-refractivity contribution is 7.54. The number of methoxy groups -OCH3 is 1. The van der Waals surface area contributed by atoms with Crippen molar-refractivity contribution in [2.24, 2.45) is 0 Å². The first-order chi connectivity index (χ1) is 19.1. The molecule has 0 amide bonds. The van der Waals surface area contributed by atoms with Crippen molar-refractivity contribution < 1.29 is 18.3 Å². The van der Waals surface area contributed by atoms with Crippen LogP contribution in [0.5, 0.6) is 17.2 Å². The third kappa shape index (κ3) is 6.90. The quantitative estimate of drug-likeness (QED) is 0.184. The number of aromatic amines is 1. The maximum atomic E-state index is 14.0. The molecule has 0 radical (unpaired) electrons. The maximum Gasteiger partial charge on any atom is 0.444 e. The van der Waals surface area contributed by atoms with Gasteiger partial charge in [0.05, 0.1) is 13.2 Å². The minimum Gasteiger partial charge on any atom is -0.496 e. The molecule has 2 N–H and O–H groups in total. The van der Waals surface area contributed by atoms with E-state index in [1.807, 2.05) is 84.9 Å². The first kappa shape index (κ1) is 26.2. The first-order valence-corrected chi connectivity index (χ1v) is 14.1. The van der Waals surface area contributed by atoms with Crippen LogP contribution in [0.1, 0.15) is 17.4 Å².